The van der Waals surface area contributed by atoms with E-state index < -0.39 is 11.9 Å². The number of carbonyl (C=O) groups is 2. The van der Waals surface area contributed by atoms with Gasteiger partial charge in [0.05, 0.1) is 12.0 Å². The lowest BCUT2D eigenvalue weighted by Gasteiger charge is -2.10. The van der Waals surface area contributed by atoms with Crippen LogP contribution < -0.4 is 16.4 Å². The summed E-state index contributed by atoms with van der Waals surface area (Å²) in [5, 5.41) is 14.8. The summed E-state index contributed by atoms with van der Waals surface area (Å²) in [4.78, 5) is 31.7. The minimum Gasteiger partial charge on any atom is -0.481 e. The molecule has 0 aliphatic rings. The minimum absolute atomic E-state index is 0.261. The van der Waals surface area contributed by atoms with E-state index in [1.807, 2.05) is 18.2 Å². The Morgan fingerprint density at radius 2 is 2.07 bits per heavy atom. The van der Waals surface area contributed by atoms with E-state index in [4.69, 9.17) is 5.73 Å². The second kappa shape index (κ2) is 9.37. The summed E-state index contributed by atoms with van der Waals surface area (Å²) in [5.74, 6) is -1.38. The molecule has 0 saturated carbocycles. The largest absolute Gasteiger partial charge is 0.481 e. The lowest BCUT2D eigenvalue weighted by atomic mass is 9.98. The molecule has 0 radical (unpaired) electrons. The quantitative estimate of drug-likeness (QED) is 0.454. The number of nitrogens with one attached hydrogen (secondary N) is 2. The van der Waals surface area contributed by atoms with Crippen LogP contribution in [0.3, 0.4) is 0 Å². The Hall–Kier alpha value is -4.14. The number of benzene rings is 1. The molecule has 30 heavy (non-hydrogen) atoms. The fourth-order valence-electron chi connectivity index (χ4n) is 2.97. The van der Waals surface area contributed by atoms with E-state index >= 15 is 0 Å². The number of carboxylic acid groups (broad SMARTS) is 1. The smallest absolute Gasteiger partial charge is 0.323 e. The van der Waals surface area contributed by atoms with E-state index in [1.54, 1.807) is 41.5 Å². The van der Waals surface area contributed by atoms with Gasteiger partial charge in [0.15, 0.2) is 0 Å². The Kier molecular flexibility index (Phi) is 6.43. The molecule has 2 heterocycles. The van der Waals surface area contributed by atoms with E-state index in [-0.39, 0.29) is 12.5 Å². The van der Waals surface area contributed by atoms with Crippen molar-refractivity contribution in [2.24, 2.45) is 0 Å². The van der Waals surface area contributed by atoms with Crippen LogP contribution in [0.25, 0.3) is 0 Å². The van der Waals surface area contributed by atoms with Gasteiger partial charge in [0.1, 0.15) is 11.7 Å². The molecule has 0 spiro atoms. The monoisotopic (exact) mass is 406 g/mol. The highest BCUT2D eigenvalue weighted by Gasteiger charge is 2.23. The fraction of sp³-hybridized carbons (Fsp3) is 0.143. The van der Waals surface area contributed by atoms with Crippen molar-refractivity contribution < 1.29 is 14.7 Å². The van der Waals surface area contributed by atoms with E-state index in [2.05, 4.69) is 27.2 Å². The maximum Gasteiger partial charge on any atom is 0.323 e. The number of aromatic nitrogens is 3. The van der Waals surface area contributed by atoms with Crippen molar-refractivity contribution in [2.45, 2.75) is 18.9 Å². The number of aliphatic carboxylic acids is 1. The zero-order valence-corrected chi connectivity index (χ0v) is 16.2. The first kappa shape index (κ1) is 20.6. The third-order valence-electron chi connectivity index (χ3n) is 4.38. The number of anilines is 2. The summed E-state index contributed by atoms with van der Waals surface area (Å²) in [5.41, 5.74) is 8.36. The topological polar surface area (TPSA) is 135 Å². The van der Waals surface area contributed by atoms with Gasteiger partial charge < -0.3 is 26.0 Å². The molecular formula is C21H22N6O3. The number of nitrogen functional groups attached to an aromatic ring is 1. The number of amides is 2. The predicted molar refractivity (Wildman–Crippen MR) is 113 cm³/mol. The van der Waals surface area contributed by atoms with Gasteiger partial charge >= 0.3 is 12.0 Å². The van der Waals surface area contributed by atoms with Crippen LogP contribution in [-0.4, -0.2) is 31.6 Å². The number of nitrogens with two attached hydrogens (primary N) is 1. The molecule has 1 unspecified atom stereocenters. The molecule has 0 bridgehead atoms. The molecule has 9 nitrogen and oxygen atoms in total. The molecule has 5 N–H and O–H groups in total. The molecule has 9 heteroatoms. The number of pyridine rings is 1. The van der Waals surface area contributed by atoms with Crippen LogP contribution in [0.4, 0.5) is 16.3 Å². The standard InChI is InChI=1S/C21H22N6O3/c1-2-23-21(30)26-16-5-3-4-15(8-16)11-27-12-18(25-13-27)17(20(28)29)9-14-6-7-19(22)24-10-14/h2-8,10,12-13,17H,1,9,11H2,(H2,22,24)(H,28,29)(H2,23,26,30). The summed E-state index contributed by atoms with van der Waals surface area (Å²) in [6.07, 6.45) is 6.44. The molecule has 2 amide bonds. The van der Waals surface area contributed by atoms with E-state index in [1.165, 1.54) is 6.20 Å². The van der Waals surface area contributed by atoms with Gasteiger partial charge in [0, 0.05) is 24.6 Å². The Morgan fingerprint density at radius 1 is 1.23 bits per heavy atom. The van der Waals surface area contributed by atoms with E-state index in [0.717, 1.165) is 11.1 Å². The number of urea groups is 1. The molecule has 1 atom stereocenters. The third-order valence-corrected chi connectivity index (χ3v) is 4.38. The van der Waals surface area contributed by atoms with Crippen molar-refractivity contribution in [3.8, 4) is 0 Å². The zero-order chi connectivity index (χ0) is 21.5. The minimum atomic E-state index is -0.962. The number of rotatable bonds is 8. The van der Waals surface area contributed by atoms with Crippen LogP contribution in [0, 0.1) is 0 Å². The first-order valence-corrected chi connectivity index (χ1v) is 9.17. The summed E-state index contributed by atoms with van der Waals surface area (Å²) < 4.78 is 1.80. The van der Waals surface area contributed by atoms with Gasteiger partial charge in [0.2, 0.25) is 0 Å². The number of carboxylic acids is 1. The van der Waals surface area contributed by atoms with Crippen molar-refractivity contribution in [3.05, 3.63) is 84.7 Å². The third kappa shape index (κ3) is 5.44. The Labute approximate surface area is 173 Å². The van der Waals surface area contributed by atoms with E-state index in [0.29, 0.717) is 23.7 Å². The fourth-order valence-corrected chi connectivity index (χ4v) is 2.97. The molecule has 2 aromatic heterocycles. The second-order valence-corrected chi connectivity index (χ2v) is 6.66. The Morgan fingerprint density at radius 3 is 2.77 bits per heavy atom. The summed E-state index contributed by atoms with van der Waals surface area (Å²) in [7, 11) is 0. The molecule has 0 aliphatic carbocycles. The van der Waals surface area contributed by atoms with Gasteiger partial charge in [-0.2, -0.15) is 0 Å². The average molecular weight is 406 g/mol. The van der Waals surface area contributed by atoms with Crippen LogP contribution in [0.5, 0.6) is 0 Å². The highest BCUT2D eigenvalue weighted by Crippen LogP contribution is 2.21. The number of nitrogens with zero attached hydrogens (tertiary/aromatic N) is 3. The summed E-state index contributed by atoms with van der Waals surface area (Å²) >= 11 is 0. The SMILES string of the molecule is C=CNC(=O)Nc1cccc(Cn2cnc(C(Cc3ccc(N)nc3)C(=O)O)c2)c1. The maximum atomic E-state index is 11.8. The van der Waals surface area contributed by atoms with Crippen LogP contribution in [-0.2, 0) is 17.8 Å². The molecule has 1 aromatic carbocycles. The van der Waals surface area contributed by atoms with Gasteiger partial charge in [-0.3, -0.25) is 4.79 Å². The van der Waals surface area contributed by atoms with Crippen molar-refractivity contribution in [3.63, 3.8) is 0 Å². The van der Waals surface area contributed by atoms with E-state index in [9.17, 15) is 14.7 Å². The van der Waals surface area contributed by atoms with Gasteiger partial charge in [0.25, 0.3) is 0 Å². The number of hydrogen-bond acceptors (Lipinski definition) is 5. The highest BCUT2D eigenvalue weighted by molar-refractivity contribution is 5.89. The molecule has 154 valence electrons. The van der Waals surface area contributed by atoms with Crippen molar-refractivity contribution in [1.82, 2.24) is 19.9 Å². The van der Waals surface area contributed by atoms with Crippen LogP contribution in [0.2, 0.25) is 0 Å². The average Bonchev–Trinajstić information content (AvgIpc) is 3.15. The summed E-state index contributed by atoms with van der Waals surface area (Å²) in [6, 6.07) is 10.4. The van der Waals surface area contributed by atoms with Gasteiger partial charge in [-0.15, -0.1) is 0 Å². The lowest BCUT2D eigenvalue weighted by molar-refractivity contribution is -0.138. The molecule has 0 fully saturated rings. The highest BCUT2D eigenvalue weighted by atomic mass is 16.4. The molecular weight excluding hydrogens is 384 g/mol. The first-order chi connectivity index (χ1) is 14.4. The van der Waals surface area contributed by atoms with Crippen molar-refractivity contribution in [2.75, 3.05) is 11.1 Å². The second-order valence-electron chi connectivity index (χ2n) is 6.66. The Bertz CT molecular complexity index is 1040. The molecule has 3 rings (SSSR count). The van der Waals surface area contributed by atoms with Gasteiger partial charge in [-0.1, -0.05) is 24.8 Å². The van der Waals surface area contributed by atoms with Crippen molar-refractivity contribution in [1.29, 1.82) is 0 Å². The van der Waals surface area contributed by atoms with Gasteiger partial charge in [-0.25, -0.2) is 14.8 Å². The Balaban J connectivity index is 1.71. The molecule has 0 saturated heterocycles. The van der Waals surface area contributed by atoms with Crippen LogP contribution in [0.15, 0.2) is 67.9 Å². The van der Waals surface area contributed by atoms with Crippen LogP contribution >= 0.6 is 0 Å². The number of hydrogen-bond donors (Lipinski definition) is 4. The number of carbonyl (C=O) groups excluding carboxylic acids is 1. The normalized spacial score (nSPS) is 11.5. The first-order valence-electron chi connectivity index (χ1n) is 9.17. The number of imidazole rings is 1. The lowest BCUT2D eigenvalue weighted by Crippen LogP contribution is -2.23. The zero-order valence-electron chi connectivity index (χ0n) is 16.2. The van der Waals surface area contributed by atoms with Gasteiger partial charge in [-0.05, 0) is 41.9 Å². The van der Waals surface area contributed by atoms with Crippen molar-refractivity contribution >= 4 is 23.5 Å². The van der Waals surface area contributed by atoms with Crippen LogP contribution in [0.1, 0.15) is 22.7 Å². The molecule has 0 aliphatic heterocycles. The predicted octanol–water partition coefficient (Wildman–Crippen LogP) is 2.58. The summed E-state index contributed by atoms with van der Waals surface area (Å²) in [6.45, 7) is 3.92. The maximum absolute atomic E-state index is 11.8. The molecule has 3 aromatic rings.